The van der Waals surface area contributed by atoms with Gasteiger partial charge >= 0.3 is 0 Å². The molecule has 2 unspecified atom stereocenters. The standard InChI is InChI=1S/C11H23N/c1-3-10(2)11-8-6-4-5-7-9-12-11/h10-12H,3-9H2,1-2H3. The molecule has 1 aliphatic heterocycles. The summed E-state index contributed by atoms with van der Waals surface area (Å²) in [6.07, 6.45) is 8.41. The minimum absolute atomic E-state index is 0.801. The Kier molecular flexibility index (Phi) is 4.67. The second-order valence-corrected chi connectivity index (χ2v) is 4.15. The first kappa shape index (κ1) is 10.0. The molecule has 0 aromatic carbocycles. The van der Waals surface area contributed by atoms with Crippen molar-refractivity contribution in [3.63, 3.8) is 0 Å². The van der Waals surface area contributed by atoms with Gasteiger partial charge in [-0.15, -0.1) is 0 Å². The molecule has 0 aromatic rings. The minimum atomic E-state index is 0.801. The molecule has 1 aliphatic rings. The lowest BCUT2D eigenvalue weighted by Gasteiger charge is -2.26. The van der Waals surface area contributed by atoms with Gasteiger partial charge in [-0.1, -0.05) is 39.5 Å². The van der Waals surface area contributed by atoms with Gasteiger partial charge in [0.2, 0.25) is 0 Å². The van der Waals surface area contributed by atoms with Crippen LogP contribution in [-0.4, -0.2) is 12.6 Å². The van der Waals surface area contributed by atoms with Gasteiger partial charge in [-0.05, 0) is 25.3 Å². The van der Waals surface area contributed by atoms with Crippen LogP contribution in [0.2, 0.25) is 0 Å². The molecular weight excluding hydrogens is 146 g/mol. The van der Waals surface area contributed by atoms with Crippen LogP contribution in [0.4, 0.5) is 0 Å². The highest BCUT2D eigenvalue weighted by Crippen LogP contribution is 2.17. The zero-order chi connectivity index (χ0) is 8.81. The van der Waals surface area contributed by atoms with Crippen LogP contribution in [0.25, 0.3) is 0 Å². The van der Waals surface area contributed by atoms with Crippen molar-refractivity contribution in [2.45, 2.75) is 58.4 Å². The largest absolute Gasteiger partial charge is 0.314 e. The predicted molar refractivity (Wildman–Crippen MR) is 54.3 cm³/mol. The molecule has 0 aromatic heterocycles. The molecule has 0 saturated carbocycles. The molecule has 1 saturated heterocycles. The average molecular weight is 169 g/mol. The van der Waals surface area contributed by atoms with E-state index in [2.05, 4.69) is 19.2 Å². The Labute approximate surface area is 76.9 Å². The monoisotopic (exact) mass is 169 g/mol. The van der Waals surface area contributed by atoms with Gasteiger partial charge in [0.1, 0.15) is 0 Å². The lowest BCUT2D eigenvalue weighted by atomic mass is 9.92. The molecule has 0 bridgehead atoms. The Bertz CT molecular complexity index is 104. The van der Waals surface area contributed by atoms with Crippen LogP contribution in [-0.2, 0) is 0 Å². The minimum Gasteiger partial charge on any atom is -0.314 e. The number of hydrogen-bond donors (Lipinski definition) is 1. The van der Waals surface area contributed by atoms with Gasteiger partial charge < -0.3 is 5.32 Å². The van der Waals surface area contributed by atoms with E-state index < -0.39 is 0 Å². The van der Waals surface area contributed by atoms with Gasteiger partial charge in [0.15, 0.2) is 0 Å². The van der Waals surface area contributed by atoms with Crippen LogP contribution >= 0.6 is 0 Å². The highest BCUT2D eigenvalue weighted by molar-refractivity contribution is 4.74. The quantitative estimate of drug-likeness (QED) is 0.670. The van der Waals surface area contributed by atoms with Gasteiger partial charge in [0.05, 0.1) is 0 Å². The van der Waals surface area contributed by atoms with Crippen LogP contribution in [0.5, 0.6) is 0 Å². The van der Waals surface area contributed by atoms with Gasteiger partial charge in [0.25, 0.3) is 0 Å². The van der Waals surface area contributed by atoms with E-state index in [0.717, 1.165) is 12.0 Å². The molecule has 1 fully saturated rings. The van der Waals surface area contributed by atoms with E-state index in [-0.39, 0.29) is 0 Å². The fourth-order valence-electron chi connectivity index (χ4n) is 2.00. The summed E-state index contributed by atoms with van der Waals surface area (Å²) in [5, 5.41) is 3.67. The summed E-state index contributed by atoms with van der Waals surface area (Å²) in [4.78, 5) is 0. The molecule has 12 heavy (non-hydrogen) atoms. The van der Waals surface area contributed by atoms with Gasteiger partial charge in [-0.3, -0.25) is 0 Å². The Hall–Kier alpha value is -0.0400. The molecule has 0 aliphatic carbocycles. The summed E-state index contributed by atoms with van der Waals surface area (Å²) < 4.78 is 0. The zero-order valence-corrected chi connectivity index (χ0v) is 8.60. The van der Waals surface area contributed by atoms with Crippen LogP contribution in [0.3, 0.4) is 0 Å². The Morgan fingerprint density at radius 2 is 2.00 bits per heavy atom. The fourth-order valence-corrected chi connectivity index (χ4v) is 2.00. The third kappa shape index (κ3) is 3.14. The average Bonchev–Trinajstić information content (AvgIpc) is 2.02. The van der Waals surface area contributed by atoms with Gasteiger partial charge in [-0.25, -0.2) is 0 Å². The maximum atomic E-state index is 3.67. The molecule has 0 spiro atoms. The fraction of sp³-hybridized carbons (Fsp3) is 1.00. The molecule has 1 heteroatoms. The smallest absolute Gasteiger partial charge is 0.00925 e. The van der Waals surface area contributed by atoms with Gasteiger partial charge in [0, 0.05) is 6.04 Å². The summed E-state index contributed by atoms with van der Waals surface area (Å²) in [6.45, 7) is 5.92. The normalized spacial score (nSPS) is 29.0. The topological polar surface area (TPSA) is 12.0 Å². The van der Waals surface area contributed by atoms with Crippen molar-refractivity contribution >= 4 is 0 Å². The molecular formula is C11H23N. The third-order valence-corrected chi connectivity index (χ3v) is 3.18. The molecule has 72 valence electrons. The van der Waals surface area contributed by atoms with Crippen molar-refractivity contribution < 1.29 is 0 Å². The molecule has 1 nitrogen and oxygen atoms in total. The second kappa shape index (κ2) is 5.58. The summed E-state index contributed by atoms with van der Waals surface area (Å²) in [7, 11) is 0. The van der Waals surface area contributed by atoms with Crippen LogP contribution < -0.4 is 5.32 Å². The molecule has 1 N–H and O–H groups in total. The first-order valence-electron chi connectivity index (χ1n) is 5.58. The van der Waals surface area contributed by atoms with Crippen molar-refractivity contribution in [3.8, 4) is 0 Å². The van der Waals surface area contributed by atoms with Crippen molar-refractivity contribution in [1.29, 1.82) is 0 Å². The van der Waals surface area contributed by atoms with E-state index in [1.54, 1.807) is 0 Å². The Morgan fingerprint density at radius 1 is 1.25 bits per heavy atom. The highest BCUT2D eigenvalue weighted by atomic mass is 14.9. The summed E-state index contributed by atoms with van der Waals surface area (Å²) >= 11 is 0. The van der Waals surface area contributed by atoms with Gasteiger partial charge in [-0.2, -0.15) is 0 Å². The molecule has 1 heterocycles. The summed E-state index contributed by atoms with van der Waals surface area (Å²) in [6, 6.07) is 0.801. The van der Waals surface area contributed by atoms with E-state index in [9.17, 15) is 0 Å². The second-order valence-electron chi connectivity index (χ2n) is 4.15. The zero-order valence-electron chi connectivity index (χ0n) is 8.60. The molecule has 0 radical (unpaired) electrons. The van der Waals surface area contributed by atoms with Crippen molar-refractivity contribution in [2.24, 2.45) is 5.92 Å². The van der Waals surface area contributed by atoms with E-state index in [4.69, 9.17) is 0 Å². The lowest BCUT2D eigenvalue weighted by Crippen LogP contribution is -2.36. The molecule has 1 rings (SSSR count). The van der Waals surface area contributed by atoms with E-state index >= 15 is 0 Å². The first-order chi connectivity index (χ1) is 5.84. The Balaban J connectivity index is 2.29. The third-order valence-electron chi connectivity index (χ3n) is 3.18. The van der Waals surface area contributed by atoms with Crippen LogP contribution in [0.15, 0.2) is 0 Å². The predicted octanol–water partition coefficient (Wildman–Crippen LogP) is 2.95. The van der Waals surface area contributed by atoms with E-state index in [0.29, 0.717) is 0 Å². The van der Waals surface area contributed by atoms with E-state index in [1.807, 2.05) is 0 Å². The Morgan fingerprint density at radius 3 is 2.75 bits per heavy atom. The summed E-state index contributed by atoms with van der Waals surface area (Å²) in [5.41, 5.74) is 0. The molecule has 0 amide bonds. The number of rotatable bonds is 2. The number of hydrogen-bond acceptors (Lipinski definition) is 1. The van der Waals surface area contributed by atoms with Crippen molar-refractivity contribution in [1.82, 2.24) is 5.32 Å². The molecule has 2 atom stereocenters. The highest BCUT2D eigenvalue weighted by Gasteiger charge is 2.15. The van der Waals surface area contributed by atoms with E-state index in [1.165, 1.54) is 45.1 Å². The van der Waals surface area contributed by atoms with Crippen LogP contribution in [0.1, 0.15) is 52.4 Å². The van der Waals surface area contributed by atoms with Crippen molar-refractivity contribution in [2.75, 3.05) is 6.54 Å². The SMILES string of the molecule is CCC(C)C1CCCCCCN1. The maximum absolute atomic E-state index is 3.67. The maximum Gasteiger partial charge on any atom is 0.00925 e. The number of nitrogens with one attached hydrogen (secondary N) is 1. The van der Waals surface area contributed by atoms with Crippen LogP contribution in [0, 0.1) is 5.92 Å². The summed E-state index contributed by atoms with van der Waals surface area (Å²) in [5.74, 6) is 0.864. The first-order valence-corrected chi connectivity index (χ1v) is 5.58. The van der Waals surface area contributed by atoms with Crippen molar-refractivity contribution in [3.05, 3.63) is 0 Å². The lowest BCUT2D eigenvalue weighted by molar-refractivity contribution is 0.320.